The minimum Gasteiger partial charge on any atom is -0.360 e. The van der Waals surface area contributed by atoms with Crippen molar-refractivity contribution in [2.75, 3.05) is 37.6 Å². The standard InChI is InChI=1S/C21H26F3N3O/c1-4-27-15(2)12-19(16(27)3)20(28)14-25-8-10-26(11-9-25)18-7-5-6-17(13-18)21(22,23)24/h5-7,12-13H,4,8-11,14H2,1-3H3/p+1. The fourth-order valence-electron chi connectivity index (χ4n) is 4.03. The normalized spacial score (nSPS) is 15.9. The number of quaternary nitrogens is 1. The van der Waals surface area contributed by atoms with Gasteiger partial charge in [-0.15, -0.1) is 0 Å². The van der Waals surface area contributed by atoms with Gasteiger partial charge in [0, 0.05) is 29.2 Å². The highest BCUT2D eigenvalue weighted by molar-refractivity contribution is 5.98. The van der Waals surface area contributed by atoms with E-state index in [4.69, 9.17) is 0 Å². The zero-order chi connectivity index (χ0) is 20.5. The summed E-state index contributed by atoms with van der Waals surface area (Å²) in [6.07, 6.45) is -4.33. The molecular formula is C21H27F3N3O+. The summed E-state index contributed by atoms with van der Waals surface area (Å²) < 4.78 is 40.9. The van der Waals surface area contributed by atoms with Crippen LogP contribution in [0.3, 0.4) is 0 Å². The van der Waals surface area contributed by atoms with Gasteiger partial charge >= 0.3 is 6.18 Å². The third-order valence-electron chi connectivity index (χ3n) is 5.61. The summed E-state index contributed by atoms with van der Waals surface area (Å²) in [4.78, 5) is 15.9. The van der Waals surface area contributed by atoms with Crippen LogP contribution in [-0.4, -0.2) is 43.1 Å². The van der Waals surface area contributed by atoms with Crippen LogP contribution in [0, 0.1) is 13.8 Å². The van der Waals surface area contributed by atoms with Crippen molar-refractivity contribution < 1.29 is 22.9 Å². The first-order valence-electron chi connectivity index (χ1n) is 9.66. The molecule has 152 valence electrons. The molecule has 0 amide bonds. The molecule has 3 rings (SSSR count). The largest absolute Gasteiger partial charge is 0.416 e. The Balaban J connectivity index is 1.61. The van der Waals surface area contributed by atoms with E-state index in [1.54, 1.807) is 6.07 Å². The number of piperazine rings is 1. The van der Waals surface area contributed by atoms with Gasteiger partial charge in [0.15, 0.2) is 0 Å². The molecule has 2 aromatic rings. The number of halogens is 3. The van der Waals surface area contributed by atoms with Gasteiger partial charge in [0.1, 0.15) is 6.54 Å². The van der Waals surface area contributed by atoms with Crippen molar-refractivity contribution in [3.8, 4) is 0 Å². The number of rotatable bonds is 5. The molecule has 1 aromatic heterocycles. The van der Waals surface area contributed by atoms with Gasteiger partial charge in [-0.3, -0.25) is 4.79 Å². The first kappa shape index (κ1) is 20.5. The molecule has 1 fully saturated rings. The quantitative estimate of drug-likeness (QED) is 0.791. The predicted molar refractivity (Wildman–Crippen MR) is 103 cm³/mol. The Morgan fingerprint density at radius 2 is 1.82 bits per heavy atom. The lowest BCUT2D eigenvalue weighted by Crippen LogP contribution is -3.15. The molecule has 1 N–H and O–H groups in total. The van der Waals surface area contributed by atoms with E-state index in [0.717, 1.165) is 42.7 Å². The number of nitrogens with one attached hydrogen (secondary N) is 1. The Kier molecular flexibility index (Phi) is 5.84. The molecule has 1 aliphatic heterocycles. The highest BCUT2D eigenvalue weighted by Gasteiger charge is 2.31. The molecular weight excluding hydrogens is 367 g/mol. The summed E-state index contributed by atoms with van der Waals surface area (Å²) in [7, 11) is 0. The number of benzene rings is 1. The van der Waals surface area contributed by atoms with Crippen LogP contribution in [0.15, 0.2) is 30.3 Å². The second kappa shape index (κ2) is 7.99. The van der Waals surface area contributed by atoms with Gasteiger partial charge in [0.05, 0.1) is 31.7 Å². The lowest BCUT2D eigenvalue weighted by atomic mass is 10.1. The first-order chi connectivity index (χ1) is 13.2. The van der Waals surface area contributed by atoms with Gasteiger partial charge in [0.25, 0.3) is 0 Å². The number of hydrogen-bond acceptors (Lipinski definition) is 2. The summed E-state index contributed by atoms with van der Waals surface area (Å²) in [5.74, 6) is 0.135. The maximum absolute atomic E-state index is 12.9. The molecule has 0 atom stereocenters. The van der Waals surface area contributed by atoms with E-state index in [1.165, 1.54) is 17.0 Å². The monoisotopic (exact) mass is 394 g/mol. The molecule has 4 nitrogen and oxygen atoms in total. The van der Waals surface area contributed by atoms with Gasteiger partial charge < -0.3 is 14.4 Å². The van der Waals surface area contributed by atoms with Crippen molar-refractivity contribution in [1.29, 1.82) is 0 Å². The summed E-state index contributed by atoms with van der Waals surface area (Å²) in [6, 6.07) is 7.42. The van der Waals surface area contributed by atoms with E-state index in [0.29, 0.717) is 25.3 Å². The summed E-state index contributed by atoms with van der Waals surface area (Å²) in [5, 5.41) is 0. The zero-order valence-corrected chi connectivity index (χ0v) is 16.6. The predicted octanol–water partition coefficient (Wildman–Crippen LogP) is 2.73. The van der Waals surface area contributed by atoms with Crippen LogP contribution in [0.25, 0.3) is 0 Å². The molecule has 0 radical (unpaired) electrons. The number of hydrogen-bond donors (Lipinski definition) is 1. The van der Waals surface area contributed by atoms with Crippen LogP contribution in [0.1, 0.15) is 34.2 Å². The number of ketones is 1. The lowest BCUT2D eigenvalue weighted by Gasteiger charge is -2.33. The first-order valence-corrected chi connectivity index (χ1v) is 9.66. The molecule has 0 spiro atoms. The Morgan fingerprint density at radius 3 is 2.39 bits per heavy atom. The third kappa shape index (κ3) is 4.24. The topological polar surface area (TPSA) is 29.7 Å². The average molecular weight is 394 g/mol. The van der Waals surface area contributed by atoms with E-state index in [9.17, 15) is 18.0 Å². The summed E-state index contributed by atoms with van der Waals surface area (Å²) in [5.41, 5.74) is 2.85. The minimum absolute atomic E-state index is 0.135. The summed E-state index contributed by atoms with van der Waals surface area (Å²) in [6.45, 7) is 10.0. The molecule has 0 bridgehead atoms. The number of alkyl halides is 3. The fraction of sp³-hybridized carbons (Fsp3) is 0.476. The van der Waals surface area contributed by atoms with Crippen LogP contribution < -0.4 is 9.80 Å². The minimum atomic E-state index is -4.33. The van der Waals surface area contributed by atoms with E-state index in [-0.39, 0.29) is 5.78 Å². The van der Waals surface area contributed by atoms with Crippen LogP contribution in [0.2, 0.25) is 0 Å². The number of carbonyl (C=O) groups excluding carboxylic acids is 1. The number of anilines is 1. The third-order valence-corrected chi connectivity index (χ3v) is 5.61. The van der Waals surface area contributed by atoms with Crippen molar-refractivity contribution in [2.45, 2.75) is 33.5 Å². The van der Waals surface area contributed by atoms with Crippen LogP contribution in [0.5, 0.6) is 0 Å². The van der Waals surface area contributed by atoms with Crippen LogP contribution in [0.4, 0.5) is 18.9 Å². The Morgan fingerprint density at radius 1 is 1.14 bits per heavy atom. The zero-order valence-electron chi connectivity index (χ0n) is 16.6. The van der Waals surface area contributed by atoms with Gasteiger partial charge in [-0.1, -0.05) is 6.07 Å². The SMILES string of the molecule is CCn1c(C)cc(C(=O)C[NH+]2CCN(c3cccc(C(F)(F)F)c3)CC2)c1C. The number of aromatic nitrogens is 1. The Labute approximate surface area is 163 Å². The number of Topliss-reactive ketones (excluding diaryl/α,β-unsaturated/α-hetero) is 1. The maximum atomic E-state index is 12.9. The molecule has 1 aromatic carbocycles. The molecule has 28 heavy (non-hydrogen) atoms. The van der Waals surface area contributed by atoms with Crippen LogP contribution >= 0.6 is 0 Å². The molecule has 2 heterocycles. The molecule has 0 aliphatic carbocycles. The Hall–Kier alpha value is -2.28. The van der Waals surface area contributed by atoms with Gasteiger partial charge in [-0.25, -0.2) is 0 Å². The molecule has 1 saturated heterocycles. The van der Waals surface area contributed by atoms with Gasteiger partial charge in [-0.05, 0) is 45.0 Å². The number of carbonyl (C=O) groups is 1. The van der Waals surface area contributed by atoms with E-state index in [2.05, 4.69) is 11.5 Å². The maximum Gasteiger partial charge on any atom is 0.416 e. The van der Waals surface area contributed by atoms with Crippen molar-refractivity contribution in [1.82, 2.24) is 4.57 Å². The van der Waals surface area contributed by atoms with E-state index < -0.39 is 11.7 Å². The smallest absolute Gasteiger partial charge is 0.360 e. The highest BCUT2D eigenvalue weighted by atomic mass is 19.4. The molecule has 1 aliphatic rings. The van der Waals surface area contributed by atoms with Gasteiger partial charge in [0.2, 0.25) is 5.78 Å². The second-order valence-corrected chi connectivity index (χ2v) is 7.41. The average Bonchev–Trinajstić information content (AvgIpc) is 2.95. The molecule has 0 unspecified atom stereocenters. The Bertz CT molecular complexity index is 849. The lowest BCUT2D eigenvalue weighted by molar-refractivity contribution is -0.892. The fourth-order valence-corrected chi connectivity index (χ4v) is 4.03. The van der Waals surface area contributed by atoms with Crippen molar-refractivity contribution in [2.24, 2.45) is 0 Å². The van der Waals surface area contributed by atoms with E-state index in [1.807, 2.05) is 24.8 Å². The molecule has 7 heteroatoms. The number of aryl methyl sites for hydroxylation is 1. The van der Waals surface area contributed by atoms with Crippen LogP contribution in [-0.2, 0) is 12.7 Å². The number of nitrogens with zero attached hydrogens (tertiary/aromatic N) is 2. The van der Waals surface area contributed by atoms with E-state index >= 15 is 0 Å². The highest BCUT2D eigenvalue weighted by Crippen LogP contribution is 2.31. The van der Waals surface area contributed by atoms with Crippen molar-refractivity contribution in [3.05, 3.63) is 52.8 Å². The van der Waals surface area contributed by atoms with Crippen molar-refractivity contribution in [3.63, 3.8) is 0 Å². The van der Waals surface area contributed by atoms with Gasteiger partial charge in [-0.2, -0.15) is 13.2 Å². The molecule has 0 saturated carbocycles. The van der Waals surface area contributed by atoms with Crippen molar-refractivity contribution >= 4 is 11.5 Å². The second-order valence-electron chi connectivity index (χ2n) is 7.41. The summed E-state index contributed by atoms with van der Waals surface area (Å²) >= 11 is 0.